The summed E-state index contributed by atoms with van der Waals surface area (Å²) in [4.78, 5) is 14.7. The number of hydrogen-bond acceptors (Lipinski definition) is 6. The molecule has 0 aliphatic rings. The van der Waals surface area contributed by atoms with Crippen LogP contribution in [0.5, 0.6) is 5.75 Å². The molecule has 0 saturated heterocycles. The van der Waals surface area contributed by atoms with Crippen LogP contribution in [-0.4, -0.2) is 24.1 Å². The molecule has 7 heteroatoms. The van der Waals surface area contributed by atoms with Crippen molar-refractivity contribution in [1.29, 1.82) is 0 Å². The molecule has 0 aliphatic heterocycles. The lowest BCUT2D eigenvalue weighted by molar-refractivity contribution is -0.385. The van der Waals surface area contributed by atoms with Crippen LogP contribution in [-0.2, 0) is 0 Å². The number of hydrogen-bond donors (Lipinski definition) is 1. The highest BCUT2D eigenvalue weighted by molar-refractivity contribution is 5.71. The monoisotopic (exact) mass is 277 g/mol. The van der Waals surface area contributed by atoms with Crippen LogP contribution in [0, 0.1) is 10.1 Å². The number of nitrogens with one attached hydrogen (secondary N) is 1. The van der Waals surface area contributed by atoms with Crippen molar-refractivity contribution in [3.05, 3.63) is 40.4 Å². The molecule has 20 heavy (non-hydrogen) atoms. The number of nitro benzene ring substituents is 1. The predicted molar refractivity (Wildman–Crippen MR) is 72.6 cm³/mol. The van der Waals surface area contributed by atoms with Gasteiger partial charge >= 0.3 is 5.69 Å². The molecule has 0 bridgehead atoms. The number of oxazole rings is 1. The van der Waals surface area contributed by atoms with Gasteiger partial charge in [-0.1, -0.05) is 6.07 Å². The topological polar surface area (TPSA) is 90.4 Å². The highest BCUT2D eigenvalue weighted by Gasteiger charge is 2.22. The molecule has 0 spiro atoms. The Morgan fingerprint density at radius 2 is 2.25 bits per heavy atom. The molecule has 1 aromatic heterocycles. The van der Waals surface area contributed by atoms with Gasteiger partial charge in [0.2, 0.25) is 11.6 Å². The van der Waals surface area contributed by atoms with Crippen molar-refractivity contribution in [3.8, 4) is 17.1 Å². The van der Waals surface area contributed by atoms with Crippen molar-refractivity contribution >= 4 is 5.69 Å². The minimum atomic E-state index is -0.490. The molecule has 0 fully saturated rings. The minimum Gasteiger partial charge on any atom is -0.490 e. The molecule has 2 rings (SSSR count). The molecule has 0 saturated carbocycles. The van der Waals surface area contributed by atoms with Gasteiger partial charge in [-0.2, -0.15) is 0 Å². The highest BCUT2D eigenvalue weighted by atomic mass is 16.6. The molecule has 0 radical (unpaired) electrons. The van der Waals surface area contributed by atoms with Gasteiger partial charge in [-0.3, -0.25) is 10.1 Å². The van der Waals surface area contributed by atoms with Crippen molar-refractivity contribution in [3.63, 3.8) is 0 Å². The van der Waals surface area contributed by atoms with E-state index in [0.29, 0.717) is 17.2 Å². The molecular weight excluding hydrogens is 262 g/mol. The lowest BCUT2D eigenvalue weighted by atomic mass is 10.1. The number of ether oxygens (including phenoxy) is 1. The van der Waals surface area contributed by atoms with Crippen LogP contribution in [0.2, 0.25) is 0 Å². The van der Waals surface area contributed by atoms with Gasteiger partial charge in [0, 0.05) is 6.07 Å². The number of nitrogens with zero attached hydrogens (tertiary/aromatic N) is 2. The predicted octanol–water partition coefficient (Wildman–Crippen LogP) is 2.54. The number of benzene rings is 1. The molecule has 0 aliphatic carbocycles. The summed E-state index contributed by atoms with van der Waals surface area (Å²) in [6, 6.07) is 4.61. The number of methoxy groups -OCH3 is 1. The van der Waals surface area contributed by atoms with Crippen LogP contribution < -0.4 is 10.1 Å². The fourth-order valence-corrected chi connectivity index (χ4v) is 1.81. The zero-order valence-electron chi connectivity index (χ0n) is 11.4. The average Bonchev–Trinajstić information content (AvgIpc) is 2.95. The molecule has 106 valence electrons. The second-order valence-corrected chi connectivity index (χ2v) is 4.19. The molecule has 0 amide bonds. The van der Waals surface area contributed by atoms with Gasteiger partial charge in [0.1, 0.15) is 0 Å². The van der Waals surface area contributed by atoms with E-state index in [2.05, 4.69) is 10.3 Å². The zero-order chi connectivity index (χ0) is 14.7. The Morgan fingerprint density at radius 3 is 2.85 bits per heavy atom. The van der Waals surface area contributed by atoms with Crippen molar-refractivity contribution < 1.29 is 14.1 Å². The fraction of sp³-hybridized carbons (Fsp3) is 0.308. The smallest absolute Gasteiger partial charge is 0.311 e. The summed E-state index contributed by atoms with van der Waals surface area (Å²) in [6.07, 6.45) is 1.53. The van der Waals surface area contributed by atoms with Crippen molar-refractivity contribution in [2.75, 3.05) is 14.2 Å². The van der Waals surface area contributed by atoms with E-state index in [1.165, 1.54) is 19.4 Å². The van der Waals surface area contributed by atoms with E-state index < -0.39 is 4.92 Å². The van der Waals surface area contributed by atoms with Crippen molar-refractivity contribution in [2.45, 2.75) is 13.0 Å². The Kier molecular flexibility index (Phi) is 3.99. The van der Waals surface area contributed by atoms with Gasteiger partial charge in [-0.25, -0.2) is 4.98 Å². The van der Waals surface area contributed by atoms with Crippen LogP contribution in [0.15, 0.2) is 28.8 Å². The summed E-state index contributed by atoms with van der Waals surface area (Å²) in [5.74, 6) is 1.11. The second-order valence-electron chi connectivity index (χ2n) is 4.19. The van der Waals surface area contributed by atoms with E-state index in [1.54, 1.807) is 19.2 Å². The van der Waals surface area contributed by atoms with E-state index in [4.69, 9.17) is 9.15 Å². The van der Waals surface area contributed by atoms with Gasteiger partial charge in [0.15, 0.2) is 5.76 Å². The largest absolute Gasteiger partial charge is 0.490 e. The first-order chi connectivity index (χ1) is 9.58. The van der Waals surface area contributed by atoms with Crippen molar-refractivity contribution in [2.24, 2.45) is 0 Å². The van der Waals surface area contributed by atoms with Gasteiger partial charge in [0.05, 0.1) is 29.8 Å². The fourth-order valence-electron chi connectivity index (χ4n) is 1.81. The maximum atomic E-state index is 11.0. The third-order valence-electron chi connectivity index (χ3n) is 2.99. The number of aromatic nitrogens is 1. The average molecular weight is 277 g/mol. The summed E-state index contributed by atoms with van der Waals surface area (Å²) >= 11 is 0. The summed E-state index contributed by atoms with van der Waals surface area (Å²) in [6.45, 7) is 1.90. The molecule has 1 N–H and O–H groups in total. The first kappa shape index (κ1) is 14.0. The summed E-state index contributed by atoms with van der Waals surface area (Å²) in [7, 11) is 3.18. The van der Waals surface area contributed by atoms with E-state index in [0.717, 1.165) is 0 Å². The third-order valence-corrected chi connectivity index (χ3v) is 2.99. The van der Waals surface area contributed by atoms with Gasteiger partial charge in [-0.05, 0) is 20.0 Å². The van der Waals surface area contributed by atoms with Crippen LogP contribution in [0.4, 0.5) is 5.69 Å². The summed E-state index contributed by atoms with van der Waals surface area (Å²) < 4.78 is 10.8. The number of para-hydroxylation sites is 1. The Labute approximate surface area is 115 Å². The Balaban J connectivity index is 2.50. The van der Waals surface area contributed by atoms with Gasteiger partial charge < -0.3 is 14.5 Å². The van der Waals surface area contributed by atoms with E-state index in [9.17, 15) is 10.1 Å². The molecule has 1 aromatic carbocycles. The number of rotatable bonds is 5. The van der Waals surface area contributed by atoms with E-state index in [1.807, 2.05) is 6.92 Å². The quantitative estimate of drug-likeness (QED) is 0.667. The zero-order valence-corrected chi connectivity index (χ0v) is 11.4. The van der Waals surface area contributed by atoms with E-state index >= 15 is 0 Å². The third kappa shape index (κ3) is 2.48. The minimum absolute atomic E-state index is 0.0477. The van der Waals surface area contributed by atoms with Crippen LogP contribution in [0.1, 0.15) is 18.9 Å². The molecule has 7 nitrogen and oxygen atoms in total. The van der Waals surface area contributed by atoms with Crippen LogP contribution in [0.25, 0.3) is 11.3 Å². The molecule has 1 unspecified atom stereocenters. The molecule has 1 heterocycles. The first-order valence-corrected chi connectivity index (χ1v) is 6.03. The standard InChI is InChI=1S/C13H15N3O4/c1-8(14-2)13-15-7-11(20-13)9-5-4-6-10(16(17)18)12(9)19-3/h4-8,14H,1-3H3. The lowest BCUT2D eigenvalue weighted by Crippen LogP contribution is -2.12. The maximum Gasteiger partial charge on any atom is 0.311 e. The van der Waals surface area contributed by atoms with Gasteiger partial charge in [-0.15, -0.1) is 0 Å². The number of nitro groups is 1. The molecular formula is C13H15N3O4. The van der Waals surface area contributed by atoms with Crippen molar-refractivity contribution in [1.82, 2.24) is 10.3 Å². The normalized spacial score (nSPS) is 12.2. The highest BCUT2D eigenvalue weighted by Crippen LogP contribution is 2.38. The molecule has 1 atom stereocenters. The van der Waals surface area contributed by atoms with Crippen LogP contribution >= 0.6 is 0 Å². The van der Waals surface area contributed by atoms with E-state index in [-0.39, 0.29) is 17.5 Å². The molecule has 2 aromatic rings. The first-order valence-electron chi connectivity index (χ1n) is 6.03. The lowest BCUT2D eigenvalue weighted by Gasteiger charge is -2.07. The summed E-state index contributed by atoms with van der Waals surface area (Å²) in [5, 5.41) is 14.0. The Bertz CT molecular complexity index is 624. The second kappa shape index (κ2) is 5.70. The maximum absolute atomic E-state index is 11.0. The van der Waals surface area contributed by atoms with Gasteiger partial charge in [0.25, 0.3) is 0 Å². The Morgan fingerprint density at radius 1 is 1.50 bits per heavy atom. The SMILES string of the molecule is CNC(C)c1ncc(-c2cccc([N+](=O)[O-])c2OC)o1. The van der Waals surface area contributed by atoms with Crippen LogP contribution in [0.3, 0.4) is 0 Å². The summed E-state index contributed by atoms with van der Waals surface area (Å²) in [5.41, 5.74) is 0.397. The Hall–Kier alpha value is -2.41.